The molecule has 1 fully saturated rings. The summed E-state index contributed by atoms with van der Waals surface area (Å²) in [6.07, 6.45) is 6.71. The number of furan rings is 1. The lowest BCUT2D eigenvalue weighted by Gasteiger charge is -2.25. The number of aromatic carboxylic acids is 1. The molecule has 1 saturated carbocycles. The summed E-state index contributed by atoms with van der Waals surface area (Å²) in [4.78, 5) is 17.5. The largest absolute Gasteiger partial charge is 0.478 e. The molecule has 5 rings (SSSR count). The van der Waals surface area contributed by atoms with Gasteiger partial charge in [-0.15, -0.1) is 0 Å². The van der Waals surface area contributed by atoms with Crippen molar-refractivity contribution in [2.45, 2.75) is 58.4 Å². The van der Waals surface area contributed by atoms with Crippen molar-refractivity contribution in [3.05, 3.63) is 59.4 Å². The number of carboxylic acids is 1. The Balaban J connectivity index is 1.75. The summed E-state index contributed by atoms with van der Waals surface area (Å²) in [7, 11) is 0. The predicted molar refractivity (Wildman–Crippen MR) is 129 cm³/mol. The van der Waals surface area contributed by atoms with Gasteiger partial charge in [0.1, 0.15) is 11.3 Å². The van der Waals surface area contributed by atoms with Crippen LogP contribution >= 0.6 is 0 Å². The minimum absolute atomic E-state index is 0.281. The molecule has 4 aromatic rings. The van der Waals surface area contributed by atoms with Crippen molar-refractivity contribution in [1.29, 1.82) is 0 Å². The van der Waals surface area contributed by atoms with E-state index in [0.717, 1.165) is 58.3 Å². The Bertz CT molecular complexity index is 1320. The number of carboxylic acid groups (broad SMARTS) is 1. The maximum atomic E-state index is 12.5. The van der Waals surface area contributed by atoms with E-state index in [-0.39, 0.29) is 5.56 Å². The Morgan fingerprint density at radius 2 is 1.94 bits per heavy atom. The second kappa shape index (κ2) is 8.30. The Kier molecular flexibility index (Phi) is 5.33. The number of fused-ring (bicyclic) bond motifs is 2. The van der Waals surface area contributed by atoms with E-state index < -0.39 is 5.97 Å². The van der Waals surface area contributed by atoms with E-state index in [4.69, 9.17) is 9.40 Å². The number of para-hydroxylation sites is 1. The number of hydrogen-bond acceptors (Lipinski definition) is 4. The van der Waals surface area contributed by atoms with Crippen molar-refractivity contribution in [1.82, 2.24) is 4.98 Å². The van der Waals surface area contributed by atoms with Crippen LogP contribution in [0, 0.1) is 6.92 Å². The molecule has 32 heavy (non-hydrogen) atoms. The van der Waals surface area contributed by atoms with Crippen LogP contribution in [0.4, 0.5) is 5.69 Å². The van der Waals surface area contributed by atoms with Crippen molar-refractivity contribution >= 4 is 33.5 Å². The zero-order chi connectivity index (χ0) is 22.2. The molecule has 2 heterocycles. The van der Waals surface area contributed by atoms with Crippen molar-refractivity contribution in [2.75, 3.05) is 5.32 Å². The van der Waals surface area contributed by atoms with Gasteiger partial charge in [0, 0.05) is 28.1 Å². The van der Waals surface area contributed by atoms with Crippen LogP contribution in [0.5, 0.6) is 0 Å². The van der Waals surface area contributed by atoms with Gasteiger partial charge in [-0.25, -0.2) is 9.78 Å². The van der Waals surface area contributed by atoms with Gasteiger partial charge in [0.05, 0.1) is 16.8 Å². The third-order valence-electron chi connectivity index (χ3n) is 6.65. The molecule has 2 N–H and O–H groups in total. The fraction of sp³-hybridized carbons (Fsp3) is 0.333. The molecule has 0 bridgehead atoms. The molecule has 5 heteroatoms. The van der Waals surface area contributed by atoms with Crippen LogP contribution in [-0.4, -0.2) is 22.1 Å². The van der Waals surface area contributed by atoms with Crippen molar-refractivity contribution < 1.29 is 14.3 Å². The van der Waals surface area contributed by atoms with Crippen LogP contribution in [0.1, 0.15) is 60.7 Å². The van der Waals surface area contributed by atoms with Crippen LogP contribution in [0.15, 0.2) is 46.9 Å². The fourth-order valence-corrected chi connectivity index (χ4v) is 5.05. The maximum absolute atomic E-state index is 12.5. The SMILES string of the molecule is CCc1ccc(NC2CCCCC2)c2c(C(=O)O)cc(-c3c(C)oc4ccccc34)nc12. The molecule has 0 spiro atoms. The van der Waals surface area contributed by atoms with Crippen LogP contribution < -0.4 is 5.32 Å². The number of nitrogens with one attached hydrogen (secondary N) is 1. The average Bonchev–Trinajstić information content (AvgIpc) is 3.14. The highest BCUT2D eigenvalue weighted by atomic mass is 16.4. The molecule has 164 valence electrons. The lowest BCUT2D eigenvalue weighted by atomic mass is 9.94. The number of aryl methyl sites for hydroxylation is 2. The molecule has 0 atom stereocenters. The smallest absolute Gasteiger partial charge is 0.336 e. The van der Waals surface area contributed by atoms with E-state index in [1.807, 2.05) is 37.3 Å². The Morgan fingerprint density at radius 3 is 2.69 bits per heavy atom. The standard InChI is InChI=1S/C27H28N2O3/c1-3-17-13-14-21(28-18-9-5-4-6-10-18)25-20(27(30)31)15-22(29-26(17)25)24-16(2)32-23-12-8-7-11-19(23)24/h7-8,11-15,18,28H,3-6,9-10H2,1-2H3,(H,30,31). The van der Waals surface area contributed by atoms with Gasteiger partial charge in [0.15, 0.2) is 0 Å². The number of carbonyl (C=O) groups is 1. The van der Waals surface area contributed by atoms with Gasteiger partial charge >= 0.3 is 5.97 Å². The number of benzene rings is 2. The second-order valence-corrected chi connectivity index (χ2v) is 8.72. The molecule has 0 radical (unpaired) electrons. The minimum atomic E-state index is -0.941. The Hall–Kier alpha value is -3.34. The monoisotopic (exact) mass is 428 g/mol. The maximum Gasteiger partial charge on any atom is 0.336 e. The van der Waals surface area contributed by atoms with Crippen molar-refractivity contribution in [3.63, 3.8) is 0 Å². The van der Waals surface area contributed by atoms with Gasteiger partial charge in [-0.3, -0.25) is 0 Å². The number of anilines is 1. The first-order valence-electron chi connectivity index (χ1n) is 11.5. The molecule has 0 aliphatic heterocycles. The average molecular weight is 429 g/mol. The number of hydrogen-bond donors (Lipinski definition) is 2. The molecule has 2 aromatic heterocycles. The van der Waals surface area contributed by atoms with Gasteiger partial charge in [-0.05, 0) is 49.9 Å². The third-order valence-corrected chi connectivity index (χ3v) is 6.65. The summed E-state index contributed by atoms with van der Waals surface area (Å²) >= 11 is 0. The van der Waals surface area contributed by atoms with Gasteiger partial charge < -0.3 is 14.8 Å². The lowest BCUT2D eigenvalue weighted by molar-refractivity contribution is 0.0699. The summed E-state index contributed by atoms with van der Waals surface area (Å²) in [5.74, 6) is -0.201. The summed E-state index contributed by atoms with van der Waals surface area (Å²) in [6.45, 7) is 3.99. The van der Waals surface area contributed by atoms with Gasteiger partial charge in [0.2, 0.25) is 0 Å². The summed E-state index contributed by atoms with van der Waals surface area (Å²) in [6, 6.07) is 14.0. The molecule has 5 nitrogen and oxygen atoms in total. The molecule has 0 saturated heterocycles. The molecule has 0 unspecified atom stereocenters. The minimum Gasteiger partial charge on any atom is -0.478 e. The third kappa shape index (κ3) is 3.52. The van der Waals surface area contributed by atoms with E-state index in [9.17, 15) is 9.90 Å². The quantitative estimate of drug-likeness (QED) is 0.359. The number of nitrogens with zero attached hydrogens (tertiary/aromatic N) is 1. The van der Waals surface area contributed by atoms with E-state index in [0.29, 0.717) is 17.1 Å². The number of pyridine rings is 1. The van der Waals surface area contributed by atoms with Crippen LogP contribution in [0.25, 0.3) is 33.1 Å². The van der Waals surface area contributed by atoms with Gasteiger partial charge in [0.25, 0.3) is 0 Å². The zero-order valence-electron chi connectivity index (χ0n) is 18.6. The Morgan fingerprint density at radius 1 is 1.16 bits per heavy atom. The highest BCUT2D eigenvalue weighted by Gasteiger charge is 2.23. The number of aromatic nitrogens is 1. The molecule has 1 aliphatic carbocycles. The first-order valence-corrected chi connectivity index (χ1v) is 11.5. The first-order chi connectivity index (χ1) is 15.6. The molecule has 2 aromatic carbocycles. The van der Waals surface area contributed by atoms with Crippen molar-refractivity contribution in [3.8, 4) is 11.3 Å². The highest BCUT2D eigenvalue weighted by Crippen LogP contribution is 2.38. The van der Waals surface area contributed by atoms with E-state index >= 15 is 0 Å². The van der Waals surface area contributed by atoms with Crippen molar-refractivity contribution in [2.24, 2.45) is 0 Å². The predicted octanol–water partition coefficient (Wildman–Crippen LogP) is 6.96. The summed E-state index contributed by atoms with van der Waals surface area (Å²) in [5, 5.41) is 15.5. The fourth-order valence-electron chi connectivity index (χ4n) is 5.05. The molecular weight excluding hydrogens is 400 g/mol. The first kappa shape index (κ1) is 20.6. The molecular formula is C27H28N2O3. The van der Waals surface area contributed by atoms with Crippen LogP contribution in [0.2, 0.25) is 0 Å². The zero-order valence-corrected chi connectivity index (χ0v) is 18.6. The summed E-state index contributed by atoms with van der Waals surface area (Å²) < 4.78 is 5.95. The molecule has 0 amide bonds. The Labute approximate surface area is 187 Å². The summed E-state index contributed by atoms with van der Waals surface area (Å²) in [5.41, 5.74) is 5.23. The molecule has 1 aliphatic rings. The van der Waals surface area contributed by atoms with E-state index in [2.05, 4.69) is 18.3 Å². The van der Waals surface area contributed by atoms with Crippen LogP contribution in [-0.2, 0) is 6.42 Å². The van der Waals surface area contributed by atoms with Crippen LogP contribution in [0.3, 0.4) is 0 Å². The number of rotatable bonds is 5. The van der Waals surface area contributed by atoms with Gasteiger partial charge in [-0.1, -0.05) is 50.5 Å². The topological polar surface area (TPSA) is 75.4 Å². The highest BCUT2D eigenvalue weighted by molar-refractivity contribution is 6.10. The second-order valence-electron chi connectivity index (χ2n) is 8.72. The normalized spacial score (nSPS) is 14.8. The van der Waals surface area contributed by atoms with Gasteiger partial charge in [-0.2, -0.15) is 0 Å². The lowest BCUT2D eigenvalue weighted by Crippen LogP contribution is -2.22. The van der Waals surface area contributed by atoms with E-state index in [1.54, 1.807) is 6.07 Å². The van der Waals surface area contributed by atoms with E-state index in [1.165, 1.54) is 19.3 Å².